The molecule has 0 saturated carbocycles. The molecule has 5 heterocycles. The lowest BCUT2D eigenvalue weighted by molar-refractivity contribution is 0.101. The third-order valence-electron chi connectivity index (χ3n) is 13.0. The molecule has 9 rings (SSSR count). The maximum Gasteiger partial charge on any atom is 0.320 e. The molecule has 0 radical (unpaired) electrons. The van der Waals surface area contributed by atoms with Gasteiger partial charge in [0.2, 0.25) is 0 Å². The van der Waals surface area contributed by atoms with E-state index in [2.05, 4.69) is 50.4 Å². The van der Waals surface area contributed by atoms with Crippen molar-refractivity contribution in [2.24, 2.45) is 0 Å². The maximum atomic E-state index is 12.9. The molecule has 6 aromatic rings. The minimum absolute atomic E-state index is 0.0802. The lowest BCUT2D eigenvalue weighted by Gasteiger charge is -2.41. The van der Waals surface area contributed by atoms with Crippen LogP contribution in [0, 0.1) is 0 Å². The second-order valence-corrected chi connectivity index (χ2v) is 18.2. The van der Waals surface area contributed by atoms with E-state index >= 15 is 0 Å². The van der Waals surface area contributed by atoms with Gasteiger partial charge in [0, 0.05) is 84.5 Å². The zero-order valence-electron chi connectivity index (χ0n) is 38.4. The third kappa shape index (κ3) is 11.9. The number of anilines is 6. The number of hydrogen-bond donors (Lipinski definition) is 7. The van der Waals surface area contributed by atoms with Crippen molar-refractivity contribution in [2.45, 2.75) is 63.5 Å². The highest BCUT2D eigenvalue weighted by atomic mass is 16.2. The fraction of sp³-hybridized carbons (Fsp3) is 0.302. The Labute approximate surface area is 393 Å². The number of nitrogens with two attached hydrogens (primary N) is 2. The molecule has 346 valence electrons. The number of piperidine rings is 2. The second kappa shape index (κ2) is 20.8. The van der Waals surface area contributed by atoms with E-state index in [0.717, 1.165) is 111 Å². The average molecular weight is 900 g/mol. The summed E-state index contributed by atoms with van der Waals surface area (Å²) in [5.74, 6) is -0.404. The van der Waals surface area contributed by atoms with Gasteiger partial charge in [-0.3, -0.25) is 19.6 Å². The molecule has 4 aromatic carbocycles. The summed E-state index contributed by atoms with van der Waals surface area (Å²) in [5.41, 5.74) is 21.5. The summed E-state index contributed by atoms with van der Waals surface area (Å²) in [6.45, 7) is 9.74. The number of nitrogen functional groups attached to an aromatic ring is 2. The van der Waals surface area contributed by atoms with Crippen molar-refractivity contribution in [3.63, 3.8) is 0 Å². The Bertz CT molecular complexity index is 2620. The summed E-state index contributed by atoms with van der Waals surface area (Å²) in [6, 6.07) is 34.2. The number of aromatic nitrogens is 2. The Morgan fingerprint density at radius 1 is 0.522 bits per heavy atom. The van der Waals surface area contributed by atoms with E-state index in [1.54, 1.807) is 36.9 Å². The number of urea groups is 1. The molecule has 14 heteroatoms. The molecular formula is C53H61N11O3. The van der Waals surface area contributed by atoms with E-state index in [0.29, 0.717) is 33.9 Å². The van der Waals surface area contributed by atoms with E-state index < -0.39 is 0 Å². The molecular weight excluding hydrogens is 839 g/mol. The Hall–Kier alpha value is -7.45. The minimum atomic E-state index is -0.218. The monoisotopic (exact) mass is 899 g/mol. The van der Waals surface area contributed by atoms with Gasteiger partial charge in [0.25, 0.3) is 11.8 Å². The van der Waals surface area contributed by atoms with Gasteiger partial charge in [0.1, 0.15) is 0 Å². The fourth-order valence-electron chi connectivity index (χ4n) is 8.80. The first-order chi connectivity index (χ1) is 32.4. The van der Waals surface area contributed by atoms with Gasteiger partial charge in [-0.2, -0.15) is 0 Å². The molecule has 0 unspecified atom stereocenters. The maximum absolute atomic E-state index is 12.9. The Balaban J connectivity index is 0.000000186. The summed E-state index contributed by atoms with van der Waals surface area (Å²) >= 11 is 0. The van der Waals surface area contributed by atoms with Gasteiger partial charge < -0.3 is 47.9 Å². The number of likely N-dealkylation sites (tertiary alicyclic amines) is 2. The second-order valence-electron chi connectivity index (χ2n) is 18.2. The van der Waals surface area contributed by atoms with E-state index in [4.69, 9.17) is 11.5 Å². The zero-order chi connectivity index (χ0) is 46.8. The molecule has 3 fully saturated rings. The molecule has 2 aromatic heterocycles. The topological polar surface area (TPSA) is 196 Å². The van der Waals surface area contributed by atoms with Crippen LogP contribution in [0.3, 0.4) is 0 Å². The first kappa shape index (κ1) is 46.1. The third-order valence-corrected chi connectivity index (χ3v) is 13.0. The number of rotatable bonds is 10. The van der Waals surface area contributed by atoms with Crippen LogP contribution in [0.2, 0.25) is 0 Å². The number of carbonyl (C=O) groups is 3. The molecule has 0 atom stereocenters. The predicted octanol–water partition coefficient (Wildman–Crippen LogP) is 9.20. The zero-order valence-corrected chi connectivity index (χ0v) is 38.4. The highest BCUT2D eigenvalue weighted by molar-refractivity contribution is 6.07. The van der Waals surface area contributed by atoms with E-state index in [9.17, 15) is 14.4 Å². The van der Waals surface area contributed by atoms with Crippen LogP contribution in [-0.4, -0.2) is 88.0 Å². The summed E-state index contributed by atoms with van der Waals surface area (Å²) in [6.07, 6.45) is 13.1. The van der Waals surface area contributed by atoms with Crippen molar-refractivity contribution in [1.29, 1.82) is 0 Å². The number of benzene rings is 4. The smallest absolute Gasteiger partial charge is 0.320 e. The lowest BCUT2D eigenvalue weighted by atomic mass is 9.89. The summed E-state index contributed by atoms with van der Waals surface area (Å²) in [7, 11) is 0. The Morgan fingerprint density at radius 3 is 1.36 bits per heavy atom. The summed E-state index contributed by atoms with van der Waals surface area (Å²) in [5, 5.41) is 16.5. The molecule has 0 spiro atoms. The van der Waals surface area contributed by atoms with E-state index in [-0.39, 0.29) is 28.9 Å². The summed E-state index contributed by atoms with van der Waals surface area (Å²) in [4.78, 5) is 50.5. The minimum Gasteiger partial charge on any atom is -0.397 e. The molecule has 3 aliphatic rings. The van der Waals surface area contributed by atoms with Crippen LogP contribution in [0.25, 0.3) is 22.3 Å². The van der Waals surface area contributed by atoms with Gasteiger partial charge in [-0.05, 0) is 185 Å². The Morgan fingerprint density at radius 2 is 0.925 bits per heavy atom. The molecule has 3 aliphatic heterocycles. The van der Waals surface area contributed by atoms with E-state index in [1.165, 1.54) is 0 Å². The van der Waals surface area contributed by atoms with Crippen LogP contribution in [0.15, 0.2) is 134 Å². The van der Waals surface area contributed by atoms with Gasteiger partial charge in [0.05, 0.1) is 22.7 Å². The highest BCUT2D eigenvalue weighted by Crippen LogP contribution is 2.31. The summed E-state index contributed by atoms with van der Waals surface area (Å²) < 4.78 is 0. The van der Waals surface area contributed by atoms with Crippen molar-refractivity contribution in [3.8, 4) is 22.3 Å². The van der Waals surface area contributed by atoms with Crippen molar-refractivity contribution >= 4 is 52.0 Å². The fourth-order valence-corrected chi connectivity index (χ4v) is 8.80. The number of amides is 4. The number of hydrogen-bond acceptors (Lipinski definition) is 10. The van der Waals surface area contributed by atoms with Crippen LogP contribution < -0.4 is 38.1 Å². The highest BCUT2D eigenvalue weighted by Gasteiger charge is 2.34. The molecule has 14 nitrogen and oxygen atoms in total. The van der Waals surface area contributed by atoms with Crippen LogP contribution >= 0.6 is 0 Å². The van der Waals surface area contributed by atoms with Crippen molar-refractivity contribution in [1.82, 2.24) is 25.1 Å². The first-order valence-corrected chi connectivity index (χ1v) is 23.2. The SMILES string of the molecule is CC1(Nc2ccc(C(=O)Nc3cc(-c4ccncc4)ccc3N)cc2)CCN(C(=O)N2CCCC2)CC1.CC1(Nc2ccc(C(=O)Nc3cc(-c4ccncc4)ccc3N)cc2)CCNCC1. The van der Waals surface area contributed by atoms with Gasteiger partial charge in [-0.15, -0.1) is 0 Å². The number of nitrogens with zero attached hydrogens (tertiary/aromatic N) is 4. The van der Waals surface area contributed by atoms with Crippen molar-refractivity contribution < 1.29 is 14.4 Å². The molecule has 4 amide bonds. The molecule has 3 saturated heterocycles. The molecule has 67 heavy (non-hydrogen) atoms. The van der Waals surface area contributed by atoms with E-state index in [1.807, 2.05) is 107 Å². The number of carbonyl (C=O) groups excluding carboxylic acids is 3. The first-order valence-electron chi connectivity index (χ1n) is 23.2. The standard InChI is InChI=1S/C29H34N6O2.C24H27N5O/c1-29(12-18-35(19-13-29)28(37)34-16-2-3-17-34)33-24-7-4-22(5-8-24)27(36)32-26-20-23(6-9-25(26)30)21-10-14-31-15-11-21;1-24(10-14-27-15-11-24)29-20-5-2-18(3-6-20)23(30)28-22-16-19(4-7-21(22)25)17-8-12-26-13-9-17/h4-11,14-15,20,33H,2-3,12-13,16-19,30H2,1H3,(H,32,36);2-9,12-13,16,27,29H,10-11,14-15,25H2,1H3,(H,28,30). The normalized spacial score (nSPS) is 16.2. The van der Waals surface area contributed by atoms with Crippen molar-refractivity contribution in [2.75, 3.05) is 72.0 Å². The lowest BCUT2D eigenvalue weighted by Crippen LogP contribution is -2.52. The van der Waals surface area contributed by atoms with Crippen LogP contribution in [0.4, 0.5) is 38.9 Å². The van der Waals surface area contributed by atoms with Crippen LogP contribution in [0.1, 0.15) is 73.1 Å². The van der Waals surface area contributed by atoms with Gasteiger partial charge in [-0.25, -0.2) is 4.79 Å². The quantitative estimate of drug-likeness (QED) is 0.0652. The van der Waals surface area contributed by atoms with Gasteiger partial charge >= 0.3 is 6.03 Å². The predicted molar refractivity (Wildman–Crippen MR) is 270 cm³/mol. The molecule has 0 aliphatic carbocycles. The van der Waals surface area contributed by atoms with Gasteiger partial charge in [-0.1, -0.05) is 12.1 Å². The molecule has 9 N–H and O–H groups in total. The van der Waals surface area contributed by atoms with Crippen LogP contribution in [-0.2, 0) is 0 Å². The number of nitrogens with one attached hydrogen (secondary N) is 5. The Kier molecular flexibility index (Phi) is 14.3. The average Bonchev–Trinajstić information content (AvgIpc) is 3.90. The van der Waals surface area contributed by atoms with Crippen LogP contribution in [0.5, 0.6) is 0 Å². The molecule has 0 bridgehead atoms. The van der Waals surface area contributed by atoms with Gasteiger partial charge in [0.15, 0.2) is 0 Å². The number of pyridine rings is 2. The largest absolute Gasteiger partial charge is 0.397 e. The van der Waals surface area contributed by atoms with Crippen molar-refractivity contribution in [3.05, 3.63) is 145 Å².